The fraction of sp³-hybridized carbons (Fsp3) is 0.308. The minimum absolute atomic E-state index is 0. The number of benzene rings is 2. The van der Waals surface area contributed by atoms with Gasteiger partial charge in [-0.3, -0.25) is 14.4 Å². The molecule has 3 aromatic rings. The van der Waals surface area contributed by atoms with Crippen LogP contribution < -0.4 is 21.6 Å². The van der Waals surface area contributed by atoms with Gasteiger partial charge in [0.25, 0.3) is 6.01 Å². The largest absolute Gasteiger partial charge is 0.481 e. The number of aromatic nitrogens is 1. The predicted molar refractivity (Wildman–Crippen MR) is 151 cm³/mol. The third-order valence-corrected chi connectivity index (χ3v) is 5.51. The van der Waals surface area contributed by atoms with Crippen LogP contribution in [-0.4, -0.2) is 111 Å². The molecule has 0 saturated carbocycles. The summed E-state index contributed by atoms with van der Waals surface area (Å²) in [5, 5.41) is 25.8. The Hall–Kier alpha value is -2.94. The summed E-state index contributed by atoms with van der Waals surface area (Å²) in [4.78, 5) is 63.8. The number of carbonyl (C=O) groups excluding carboxylic acids is 2. The molecular formula is C26H28N4Na2O9. The number of carboxylic acids is 2. The normalized spacial score (nSPS) is 10.9. The first-order valence-corrected chi connectivity index (χ1v) is 12.0. The van der Waals surface area contributed by atoms with Crippen LogP contribution in [0.5, 0.6) is 0 Å². The monoisotopic (exact) mass is 586 g/mol. The molecule has 1 heterocycles. The summed E-state index contributed by atoms with van der Waals surface area (Å²) in [5.74, 6) is -2.80. The number of ether oxygens (including phenoxy) is 1. The van der Waals surface area contributed by atoms with E-state index in [1.807, 2.05) is 6.07 Å². The first-order chi connectivity index (χ1) is 18.6. The molecule has 0 unspecified atom stereocenters. The number of alkyl carbamates (subject to hydrolysis) is 1. The maximum Gasteiger partial charge on any atom is 0.408 e. The van der Waals surface area contributed by atoms with Gasteiger partial charge in [0, 0.05) is 84.2 Å². The van der Waals surface area contributed by atoms with Gasteiger partial charge >= 0.3 is 23.7 Å². The second-order valence-electron chi connectivity index (χ2n) is 8.60. The van der Waals surface area contributed by atoms with Crippen LogP contribution in [0, 0.1) is 6.92 Å². The maximum atomic E-state index is 13.0. The van der Waals surface area contributed by atoms with E-state index < -0.39 is 35.6 Å². The third kappa shape index (κ3) is 11.8. The number of anilines is 2. The molecule has 1 atom stereocenters. The van der Waals surface area contributed by atoms with Crippen LogP contribution >= 0.6 is 0 Å². The fourth-order valence-electron chi connectivity index (χ4n) is 3.65. The van der Waals surface area contributed by atoms with Crippen LogP contribution in [0.3, 0.4) is 0 Å². The van der Waals surface area contributed by atoms with E-state index in [-0.39, 0.29) is 121 Å². The molecule has 5 N–H and O–H groups in total. The third-order valence-electron chi connectivity index (χ3n) is 5.51. The number of carboxylic acid groups (broad SMARTS) is 2. The number of nitrogens with zero attached hydrogens (tertiary/aromatic N) is 1. The Labute approximate surface area is 279 Å². The number of aryl methyl sites for hydroxylation is 1. The molecule has 13 nitrogen and oxygen atoms in total. The van der Waals surface area contributed by atoms with Gasteiger partial charge in [-0.15, -0.1) is 0 Å². The molecule has 0 bridgehead atoms. The Kier molecular flexibility index (Phi) is 15.6. The minimum atomic E-state index is -1.22. The number of nitrogens with one attached hydrogen (secondary N) is 3. The molecule has 0 aliphatic heterocycles. The molecule has 2 aromatic carbocycles. The van der Waals surface area contributed by atoms with Gasteiger partial charge in [-0.25, -0.2) is 9.59 Å². The van der Waals surface area contributed by atoms with E-state index in [1.165, 1.54) is 12.1 Å². The van der Waals surface area contributed by atoms with Gasteiger partial charge in [0.15, 0.2) is 0 Å². The van der Waals surface area contributed by atoms with Crippen LogP contribution in [-0.2, 0) is 25.7 Å². The van der Waals surface area contributed by atoms with Crippen LogP contribution in [0.2, 0.25) is 0 Å². The smallest absolute Gasteiger partial charge is 0.408 e. The van der Waals surface area contributed by atoms with Crippen molar-refractivity contribution in [3.63, 3.8) is 0 Å². The molecule has 0 spiro atoms. The Bertz CT molecular complexity index is 1420. The van der Waals surface area contributed by atoms with Gasteiger partial charge in [-0.05, 0) is 43.0 Å². The molecule has 0 aliphatic rings. The molecule has 2 radical (unpaired) electrons. The van der Waals surface area contributed by atoms with Crippen molar-refractivity contribution in [3.8, 4) is 0 Å². The second-order valence-corrected chi connectivity index (χ2v) is 8.60. The Balaban J connectivity index is 0.00000420. The summed E-state index contributed by atoms with van der Waals surface area (Å²) in [6, 6.07) is 10.5. The number of aliphatic carboxylic acids is 2. The summed E-state index contributed by atoms with van der Waals surface area (Å²) in [5.41, 5.74) is 0.981. The molecule has 0 aliphatic carbocycles. The molecule has 0 fully saturated rings. The van der Waals surface area contributed by atoms with Gasteiger partial charge in [-0.2, -0.15) is 4.98 Å². The van der Waals surface area contributed by atoms with Crippen molar-refractivity contribution < 1.29 is 38.5 Å². The second kappa shape index (κ2) is 17.8. The average molecular weight is 587 g/mol. The molecule has 15 heteroatoms. The molecule has 208 valence electrons. The zero-order valence-electron chi connectivity index (χ0n) is 23.1. The van der Waals surface area contributed by atoms with E-state index in [0.717, 1.165) is 5.56 Å². The first-order valence-electron chi connectivity index (χ1n) is 12.0. The van der Waals surface area contributed by atoms with Gasteiger partial charge in [0.1, 0.15) is 12.6 Å². The predicted octanol–water partition coefficient (Wildman–Crippen LogP) is 2.11. The van der Waals surface area contributed by atoms with Crippen molar-refractivity contribution in [2.24, 2.45) is 0 Å². The van der Waals surface area contributed by atoms with E-state index in [1.54, 1.807) is 31.2 Å². The fourth-order valence-corrected chi connectivity index (χ4v) is 3.65. The van der Waals surface area contributed by atoms with Gasteiger partial charge in [-0.1, -0.05) is 30.3 Å². The van der Waals surface area contributed by atoms with Gasteiger partial charge in [0.05, 0.1) is 10.9 Å². The Morgan fingerprint density at radius 3 is 2.37 bits per heavy atom. The van der Waals surface area contributed by atoms with Crippen molar-refractivity contribution in [2.45, 2.75) is 45.3 Å². The molecule has 41 heavy (non-hydrogen) atoms. The number of rotatable bonds is 13. The summed E-state index contributed by atoms with van der Waals surface area (Å²) < 4.78 is 10.3. The van der Waals surface area contributed by atoms with Crippen molar-refractivity contribution in [1.29, 1.82) is 0 Å². The number of hydrogen-bond acceptors (Lipinski definition) is 9. The topological polar surface area (TPSA) is 197 Å². The Morgan fingerprint density at radius 2 is 1.71 bits per heavy atom. The standard InChI is InChI=1S/C26H28N4O9.2Na/c1-15-12-17(13-19-22(15)24(36)39-25(29-19)27-11-5-8-20(31)32)28-23(35)18(9-10-21(33)34)30-26(37)38-14-16-6-3-2-4-7-16;;/h2-4,6-7,12-13,18H,5,8-11,14H2,1H3,(H,27,29)(H,28,35)(H,30,37)(H,31,32)(H,33,34);;/t18-;;/m0../s1. The van der Waals surface area contributed by atoms with E-state index in [0.29, 0.717) is 5.56 Å². The number of fused-ring (bicyclic) bond motifs is 1. The summed E-state index contributed by atoms with van der Waals surface area (Å²) in [6.45, 7) is 1.79. The van der Waals surface area contributed by atoms with Crippen LogP contribution in [0.25, 0.3) is 10.9 Å². The SMILES string of the molecule is Cc1cc(NC(=O)[C@H](CCC(=O)O)NC(=O)OCc2ccccc2)cc2nc(NCCCC(=O)O)oc(=O)c12.[Na].[Na]. The van der Waals surface area contributed by atoms with E-state index in [4.69, 9.17) is 19.4 Å². The minimum Gasteiger partial charge on any atom is -0.481 e. The average Bonchev–Trinajstić information content (AvgIpc) is 2.87. The number of carbonyl (C=O) groups is 4. The number of hydrogen-bond donors (Lipinski definition) is 5. The first kappa shape index (κ1) is 36.1. The zero-order chi connectivity index (χ0) is 28.4. The summed E-state index contributed by atoms with van der Waals surface area (Å²) in [6.07, 6.45) is -1.26. The molecular weight excluding hydrogens is 558 g/mol. The summed E-state index contributed by atoms with van der Waals surface area (Å²) >= 11 is 0. The molecule has 2 amide bonds. The van der Waals surface area contributed by atoms with Crippen molar-refractivity contribution in [3.05, 3.63) is 64.0 Å². The van der Waals surface area contributed by atoms with Crippen LogP contribution in [0.15, 0.2) is 51.7 Å². The maximum absolute atomic E-state index is 13.0. The number of amides is 2. The van der Waals surface area contributed by atoms with E-state index in [9.17, 15) is 24.0 Å². The van der Waals surface area contributed by atoms with E-state index >= 15 is 0 Å². The van der Waals surface area contributed by atoms with E-state index in [2.05, 4.69) is 20.9 Å². The summed E-state index contributed by atoms with van der Waals surface area (Å²) in [7, 11) is 0. The Morgan fingerprint density at radius 1 is 1.02 bits per heavy atom. The van der Waals surface area contributed by atoms with Gasteiger partial charge < -0.3 is 35.3 Å². The van der Waals surface area contributed by atoms with Crippen LogP contribution in [0.4, 0.5) is 16.5 Å². The molecule has 3 rings (SSSR count). The van der Waals surface area contributed by atoms with Gasteiger partial charge in [0.2, 0.25) is 5.91 Å². The van der Waals surface area contributed by atoms with Crippen molar-refractivity contribution in [2.75, 3.05) is 17.2 Å². The zero-order valence-corrected chi connectivity index (χ0v) is 27.1. The molecule has 1 aromatic heterocycles. The van der Waals surface area contributed by atoms with Crippen LogP contribution in [0.1, 0.15) is 36.8 Å². The molecule has 0 saturated heterocycles. The quantitative estimate of drug-likeness (QED) is 0.145. The van der Waals surface area contributed by atoms with Crippen molar-refractivity contribution in [1.82, 2.24) is 10.3 Å². The van der Waals surface area contributed by atoms with Crippen molar-refractivity contribution >= 4 is 106 Å².